The fourth-order valence-corrected chi connectivity index (χ4v) is 2.11. The highest BCUT2D eigenvalue weighted by molar-refractivity contribution is 5.94. The maximum atomic E-state index is 12.1. The molecule has 106 valence electrons. The Labute approximate surface area is 122 Å². The number of ketones is 1. The minimum Gasteiger partial charge on any atom is -0.356 e. The minimum atomic E-state index is 0.000969. The Morgan fingerprint density at radius 2 is 2.10 bits per heavy atom. The first kappa shape index (κ1) is 13.3. The van der Waals surface area contributed by atoms with E-state index in [9.17, 15) is 4.79 Å². The molecule has 3 aromatic rings. The topological polar surface area (TPSA) is 60.9 Å². The Hall–Kier alpha value is -2.69. The maximum absolute atomic E-state index is 12.1. The van der Waals surface area contributed by atoms with Crippen molar-refractivity contribution in [2.45, 2.75) is 19.4 Å². The third-order valence-corrected chi connectivity index (χ3v) is 3.23. The number of Topliss-reactive ketones (excluding diaryl/α,β-unsaturated/α-hetero) is 1. The van der Waals surface area contributed by atoms with Crippen LogP contribution in [0.15, 0.2) is 59.6 Å². The lowest BCUT2D eigenvalue weighted by atomic mass is 10.1. The van der Waals surface area contributed by atoms with Gasteiger partial charge in [0.05, 0.1) is 6.33 Å². The van der Waals surface area contributed by atoms with Crippen LogP contribution in [0, 0.1) is 0 Å². The van der Waals surface area contributed by atoms with E-state index < -0.39 is 0 Å². The highest BCUT2D eigenvalue weighted by Gasteiger charge is 2.13. The second-order valence-electron chi connectivity index (χ2n) is 4.77. The van der Waals surface area contributed by atoms with Crippen LogP contribution in [0.25, 0.3) is 11.3 Å². The summed E-state index contributed by atoms with van der Waals surface area (Å²) in [6, 6.07) is 11.3. The summed E-state index contributed by atoms with van der Waals surface area (Å²) in [5.74, 6) is 0.620. The van der Waals surface area contributed by atoms with E-state index in [1.807, 2.05) is 41.1 Å². The van der Waals surface area contributed by atoms with E-state index in [1.165, 1.54) is 0 Å². The first-order valence-electron chi connectivity index (χ1n) is 6.84. The summed E-state index contributed by atoms with van der Waals surface area (Å²) < 4.78 is 7.19. The normalized spacial score (nSPS) is 10.7. The number of carbonyl (C=O) groups excluding carboxylic acids is 1. The highest BCUT2D eigenvalue weighted by Crippen LogP contribution is 2.20. The molecule has 2 aromatic heterocycles. The zero-order valence-corrected chi connectivity index (χ0v) is 11.5. The molecule has 0 spiro atoms. The largest absolute Gasteiger partial charge is 0.356 e. The van der Waals surface area contributed by atoms with Gasteiger partial charge >= 0.3 is 0 Å². The van der Waals surface area contributed by atoms with Crippen LogP contribution in [0.2, 0.25) is 0 Å². The zero-order chi connectivity index (χ0) is 14.5. The Kier molecular flexibility index (Phi) is 3.91. The van der Waals surface area contributed by atoms with Crippen molar-refractivity contribution in [1.29, 1.82) is 0 Å². The van der Waals surface area contributed by atoms with Crippen LogP contribution in [-0.2, 0) is 6.54 Å². The van der Waals surface area contributed by atoms with E-state index in [4.69, 9.17) is 4.52 Å². The molecule has 0 aliphatic heterocycles. The van der Waals surface area contributed by atoms with Crippen LogP contribution >= 0.6 is 0 Å². The Balaban J connectivity index is 1.59. The second kappa shape index (κ2) is 6.17. The molecule has 0 atom stereocenters. The van der Waals surface area contributed by atoms with Crippen LogP contribution < -0.4 is 0 Å². The number of aromatic nitrogens is 3. The predicted molar refractivity (Wildman–Crippen MR) is 77.7 cm³/mol. The number of hydrogen-bond acceptors (Lipinski definition) is 4. The molecule has 2 heterocycles. The van der Waals surface area contributed by atoms with Crippen molar-refractivity contribution in [2.24, 2.45) is 0 Å². The first-order chi connectivity index (χ1) is 10.3. The van der Waals surface area contributed by atoms with Crippen molar-refractivity contribution in [1.82, 2.24) is 14.7 Å². The number of benzene rings is 1. The molecular weight excluding hydrogens is 266 g/mol. The fraction of sp³-hybridized carbons (Fsp3) is 0.188. The van der Waals surface area contributed by atoms with Crippen LogP contribution in [0.5, 0.6) is 0 Å². The van der Waals surface area contributed by atoms with Crippen molar-refractivity contribution >= 4 is 5.78 Å². The van der Waals surface area contributed by atoms with Crippen molar-refractivity contribution in [3.63, 3.8) is 0 Å². The molecule has 0 unspecified atom stereocenters. The van der Waals surface area contributed by atoms with Gasteiger partial charge < -0.3 is 9.09 Å². The van der Waals surface area contributed by atoms with Gasteiger partial charge in [0.2, 0.25) is 0 Å². The summed E-state index contributed by atoms with van der Waals surface area (Å²) in [5, 5.41) is 3.86. The standard InChI is InChI=1S/C16H15N3O2/c20-15(7-4-9-19-10-8-17-12-19)14-11-16(21-18-14)13-5-2-1-3-6-13/h1-3,5-6,8,10-12H,4,7,9H2. The molecule has 0 amide bonds. The minimum absolute atomic E-state index is 0.000969. The number of hydrogen-bond donors (Lipinski definition) is 0. The van der Waals surface area contributed by atoms with E-state index >= 15 is 0 Å². The number of aryl methyl sites for hydroxylation is 1. The predicted octanol–water partition coefficient (Wildman–Crippen LogP) is 3.20. The lowest BCUT2D eigenvalue weighted by molar-refractivity contribution is 0.0970. The van der Waals surface area contributed by atoms with E-state index in [0.29, 0.717) is 17.9 Å². The molecule has 21 heavy (non-hydrogen) atoms. The van der Waals surface area contributed by atoms with Gasteiger partial charge in [-0.15, -0.1) is 0 Å². The molecule has 5 heteroatoms. The van der Waals surface area contributed by atoms with E-state index in [-0.39, 0.29) is 5.78 Å². The summed E-state index contributed by atoms with van der Waals surface area (Å²) in [6.45, 7) is 0.773. The summed E-state index contributed by atoms with van der Waals surface area (Å²) in [6.07, 6.45) is 6.55. The van der Waals surface area contributed by atoms with Crippen LogP contribution in [0.4, 0.5) is 0 Å². The number of nitrogens with zero attached hydrogens (tertiary/aromatic N) is 3. The molecular formula is C16H15N3O2. The monoisotopic (exact) mass is 281 g/mol. The van der Waals surface area contributed by atoms with Crippen LogP contribution in [0.3, 0.4) is 0 Å². The molecule has 0 aliphatic rings. The van der Waals surface area contributed by atoms with E-state index in [2.05, 4.69) is 10.1 Å². The van der Waals surface area contributed by atoms with E-state index in [1.54, 1.807) is 18.6 Å². The quantitative estimate of drug-likeness (QED) is 0.651. The van der Waals surface area contributed by atoms with Gasteiger partial charge in [0.25, 0.3) is 0 Å². The Morgan fingerprint density at radius 1 is 1.24 bits per heavy atom. The molecule has 0 saturated heterocycles. The smallest absolute Gasteiger partial charge is 0.184 e. The second-order valence-corrected chi connectivity index (χ2v) is 4.77. The van der Waals surface area contributed by atoms with Gasteiger partial charge in [-0.1, -0.05) is 35.5 Å². The van der Waals surface area contributed by atoms with Crippen molar-refractivity contribution in [2.75, 3.05) is 0 Å². The number of imidazole rings is 1. The van der Waals surface area contributed by atoms with Gasteiger partial charge in [-0.3, -0.25) is 4.79 Å². The Bertz CT molecular complexity index is 702. The van der Waals surface area contributed by atoms with Gasteiger partial charge in [-0.05, 0) is 6.42 Å². The van der Waals surface area contributed by atoms with Crippen molar-refractivity contribution in [3.05, 3.63) is 60.8 Å². The third kappa shape index (κ3) is 3.25. The van der Waals surface area contributed by atoms with Crippen LogP contribution in [-0.4, -0.2) is 20.5 Å². The van der Waals surface area contributed by atoms with Crippen LogP contribution in [0.1, 0.15) is 23.3 Å². The lowest BCUT2D eigenvalue weighted by Crippen LogP contribution is -2.02. The maximum Gasteiger partial charge on any atom is 0.184 e. The average molecular weight is 281 g/mol. The van der Waals surface area contributed by atoms with Crippen molar-refractivity contribution < 1.29 is 9.32 Å². The molecule has 0 aliphatic carbocycles. The molecule has 3 rings (SSSR count). The number of carbonyl (C=O) groups is 1. The summed E-state index contributed by atoms with van der Waals surface area (Å²) in [7, 11) is 0. The molecule has 1 aromatic carbocycles. The van der Waals surface area contributed by atoms with Gasteiger partial charge in [0.1, 0.15) is 5.69 Å². The molecule has 0 fully saturated rings. The number of rotatable bonds is 6. The Morgan fingerprint density at radius 3 is 2.86 bits per heavy atom. The van der Waals surface area contributed by atoms with Gasteiger partial charge in [0.15, 0.2) is 11.5 Å². The summed E-state index contributed by atoms with van der Waals surface area (Å²) >= 11 is 0. The molecule has 5 nitrogen and oxygen atoms in total. The third-order valence-electron chi connectivity index (χ3n) is 3.23. The SMILES string of the molecule is O=C(CCCn1ccnc1)c1cc(-c2ccccc2)on1. The lowest BCUT2D eigenvalue weighted by Gasteiger charge is -1.99. The fourth-order valence-electron chi connectivity index (χ4n) is 2.11. The molecule has 0 saturated carbocycles. The van der Waals surface area contributed by atoms with E-state index in [0.717, 1.165) is 18.5 Å². The highest BCUT2D eigenvalue weighted by atomic mass is 16.5. The van der Waals surface area contributed by atoms with Gasteiger partial charge in [-0.2, -0.15) is 0 Å². The van der Waals surface area contributed by atoms with Gasteiger partial charge in [0, 0.05) is 37.0 Å². The molecule has 0 N–H and O–H groups in total. The van der Waals surface area contributed by atoms with Gasteiger partial charge in [-0.25, -0.2) is 4.98 Å². The average Bonchev–Trinajstić information content (AvgIpc) is 3.20. The summed E-state index contributed by atoms with van der Waals surface area (Å²) in [4.78, 5) is 16.0. The molecule has 0 radical (unpaired) electrons. The summed E-state index contributed by atoms with van der Waals surface area (Å²) in [5.41, 5.74) is 1.31. The van der Waals surface area contributed by atoms with Crippen molar-refractivity contribution in [3.8, 4) is 11.3 Å². The molecule has 0 bridgehead atoms. The first-order valence-corrected chi connectivity index (χ1v) is 6.84. The zero-order valence-electron chi connectivity index (χ0n) is 11.5.